The van der Waals surface area contributed by atoms with Crippen molar-refractivity contribution >= 4 is 29.3 Å². The molecule has 0 bridgehead atoms. The van der Waals surface area contributed by atoms with Gasteiger partial charge in [0.25, 0.3) is 0 Å². The van der Waals surface area contributed by atoms with Crippen LogP contribution in [0.2, 0.25) is 0 Å². The predicted octanol–water partition coefficient (Wildman–Crippen LogP) is 1.12. The van der Waals surface area contributed by atoms with Crippen LogP contribution in [0, 0.1) is 0 Å². The molecule has 0 aliphatic carbocycles. The number of thiol groups is 1. The summed E-state index contributed by atoms with van der Waals surface area (Å²) in [5.74, 6) is 1.24. The average Bonchev–Trinajstić information content (AvgIpc) is 2.40. The molecule has 1 atom stereocenters. The molecule has 98 valence electrons. The lowest BCUT2D eigenvalue weighted by Crippen LogP contribution is -2.45. The first-order chi connectivity index (χ1) is 8.66. The van der Waals surface area contributed by atoms with E-state index in [1.54, 1.807) is 4.90 Å². The highest BCUT2D eigenvalue weighted by molar-refractivity contribution is 7.85. The van der Waals surface area contributed by atoms with Gasteiger partial charge in [0.2, 0.25) is 5.91 Å². The Morgan fingerprint density at radius 1 is 1.28 bits per heavy atom. The van der Waals surface area contributed by atoms with Crippen molar-refractivity contribution in [2.45, 2.75) is 11.7 Å². The molecule has 1 aliphatic rings. The third-order valence-corrected chi connectivity index (χ3v) is 4.73. The van der Waals surface area contributed by atoms with Crippen LogP contribution in [0.4, 0.5) is 0 Å². The Bertz CT molecular complexity index is 426. The Morgan fingerprint density at radius 3 is 2.50 bits per heavy atom. The van der Waals surface area contributed by atoms with Crippen molar-refractivity contribution in [1.29, 1.82) is 0 Å². The van der Waals surface area contributed by atoms with Crippen LogP contribution >= 0.6 is 12.6 Å². The smallest absolute Gasteiger partial charge is 0.235 e. The van der Waals surface area contributed by atoms with Crippen molar-refractivity contribution in [2.24, 2.45) is 0 Å². The Morgan fingerprint density at radius 2 is 1.89 bits per heavy atom. The second-order valence-electron chi connectivity index (χ2n) is 4.38. The van der Waals surface area contributed by atoms with E-state index in [4.69, 9.17) is 0 Å². The van der Waals surface area contributed by atoms with Gasteiger partial charge in [-0.15, -0.1) is 0 Å². The molecule has 0 N–H and O–H groups in total. The van der Waals surface area contributed by atoms with Crippen molar-refractivity contribution in [1.82, 2.24) is 4.90 Å². The first-order valence-electron chi connectivity index (χ1n) is 6.02. The van der Waals surface area contributed by atoms with E-state index in [9.17, 15) is 9.00 Å². The summed E-state index contributed by atoms with van der Waals surface area (Å²) in [4.78, 5) is 13.9. The lowest BCUT2D eigenvalue weighted by molar-refractivity contribution is -0.130. The molecule has 0 saturated carbocycles. The molecule has 1 unspecified atom stereocenters. The van der Waals surface area contributed by atoms with Gasteiger partial charge in [0.05, 0.1) is 5.25 Å². The highest BCUT2D eigenvalue weighted by atomic mass is 32.2. The zero-order chi connectivity index (χ0) is 13.0. The number of carbonyl (C=O) groups is 1. The van der Waals surface area contributed by atoms with Gasteiger partial charge in [-0.25, -0.2) is 0 Å². The average molecular weight is 283 g/mol. The quantitative estimate of drug-likeness (QED) is 0.844. The molecular formula is C13H17NO2S2. The van der Waals surface area contributed by atoms with Gasteiger partial charge in [0.15, 0.2) is 0 Å². The van der Waals surface area contributed by atoms with Crippen molar-refractivity contribution in [3.05, 3.63) is 35.9 Å². The zero-order valence-electron chi connectivity index (χ0n) is 10.1. The number of nitrogens with zero attached hydrogens (tertiary/aromatic N) is 1. The minimum absolute atomic E-state index is 0.0545. The molecule has 1 amide bonds. The molecular weight excluding hydrogens is 266 g/mol. The highest BCUT2D eigenvalue weighted by Crippen LogP contribution is 2.12. The molecule has 1 aliphatic heterocycles. The second-order valence-corrected chi connectivity index (χ2v) is 6.70. The highest BCUT2D eigenvalue weighted by Gasteiger charge is 2.24. The van der Waals surface area contributed by atoms with Crippen molar-refractivity contribution in [3.63, 3.8) is 0 Å². The normalized spacial score (nSPS) is 18.6. The summed E-state index contributed by atoms with van der Waals surface area (Å²) < 4.78 is 11.2. The maximum atomic E-state index is 12.2. The molecule has 1 aromatic rings. The van der Waals surface area contributed by atoms with Gasteiger partial charge < -0.3 is 4.90 Å². The van der Waals surface area contributed by atoms with E-state index in [1.807, 2.05) is 30.3 Å². The molecule has 1 saturated heterocycles. The number of hydrogen-bond donors (Lipinski definition) is 1. The molecule has 0 spiro atoms. The predicted molar refractivity (Wildman–Crippen MR) is 77.4 cm³/mol. The molecule has 5 heteroatoms. The van der Waals surface area contributed by atoms with E-state index in [-0.39, 0.29) is 11.2 Å². The SMILES string of the molecule is O=C(C(S)Cc1ccccc1)N1CCS(=O)CC1. The largest absolute Gasteiger partial charge is 0.340 e. The van der Waals surface area contributed by atoms with Crippen LogP contribution < -0.4 is 0 Å². The third kappa shape index (κ3) is 3.59. The van der Waals surface area contributed by atoms with Crippen LogP contribution in [0.15, 0.2) is 30.3 Å². The number of carbonyl (C=O) groups excluding carboxylic acids is 1. The lowest BCUT2D eigenvalue weighted by atomic mass is 10.1. The van der Waals surface area contributed by atoms with Crippen LogP contribution in [-0.4, -0.2) is 44.9 Å². The van der Waals surface area contributed by atoms with Gasteiger partial charge in [-0.05, 0) is 12.0 Å². The number of benzene rings is 1. The molecule has 3 nitrogen and oxygen atoms in total. The summed E-state index contributed by atoms with van der Waals surface area (Å²) in [6, 6.07) is 9.89. The van der Waals surface area contributed by atoms with Gasteiger partial charge >= 0.3 is 0 Å². The first kappa shape index (κ1) is 13.6. The fourth-order valence-corrected chi connectivity index (χ4v) is 3.42. The fourth-order valence-electron chi connectivity index (χ4n) is 1.99. The standard InChI is InChI=1S/C13H17NO2S2/c15-13(14-6-8-18(16)9-7-14)12(17)10-11-4-2-1-3-5-11/h1-5,12,17H,6-10H2. The molecule has 18 heavy (non-hydrogen) atoms. The van der Waals surface area contributed by atoms with Crippen LogP contribution in [0.5, 0.6) is 0 Å². The Hall–Kier alpha value is -0.810. The van der Waals surface area contributed by atoms with E-state index < -0.39 is 10.8 Å². The summed E-state index contributed by atoms with van der Waals surface area (Å²) in [5.41, 5.74) is 1.12. The van der Waals surface area contributed by atoms with Crippen LogP contribution in [0.25, 0.3) is 0 Å². The third-order valence-electron chi connectivity index (χ3n) is 3.05. The number of rotatable bonds is 3. The monoisotopic (exact) mass is 283 g/mol. The van der Waals surface area contributed by atoms with Crippen molar-refractivity contribution in [2.75, 3.05) is 24.6 Å². The number of amides is 1. The molecule has 0 radical (unpaired) electrons. The summed E-state index contributed by atoms with van der Waals surface area (Å²) >= 11 is 4.40. The summed E-state index contributed by atoms with van der Waals surface area (Å²) in [6.07, 6.45) is 0.641. The Kier molecular flexibility index (Phi) is 4.83. The van der Waals surface area contributed by atoms with Crippen molar-refractivity contribution < 1.29 is 9.00 Å². The molecule has 1 heterocycles. The summed E-state index contributed by atoms with van der Waals surface area (Å²) in [5, 5.41) is -0.307. The van der Waals surface area contributed by atoms with Gasteiger partial charge in [-0.2, -0.15) is 12.6 Å². The molecule has 1 fully saturated rings. The van der Waals surface area contributed by atoms with Crippen molar-refractivity contribution in [3.8, 4) is 0 Å². The van der Waals surface area contributed by atoms with Gasteiger partial charge in [0, 0.05) is 35.4 Å². The van der Waals surface area contributed by atoms with E-state index in [1.165, 1.54) is 0 Å². The summed E-state index contributed by atoms with van der Waals surface area (Å²) in [6.45, 7) is 1.19. The lowest BCUT2D eigenvalue weighted by Gasteiger charge is -2.28. The van der Waals surface area contributed by atoms with Crippen LogP contribution in [-0.2, 0) is 22.0 Å². The van der Waals surface area contributed by atoms with Crippen LogP contribution in [0.1, 0.15) is 5.56 Å². The van der Waals surface area contributed by atoms with E-state index in [0.29, 0.717) is 31.0 Å². The molecule has 1 aromatic carbocycles. The van der Waals surface area contributed by atoms with Gasteiger partial charge in [-0.3, -0.25) is 9.00 Å². The minimum atomic E-state index is -0.747. The maximum absolute atomic E-state index is 12.2. The molecule has 0 aromatic heterocycles. The van der Waals surface area contributed by atoms with Gasteiger partial charge in [-0.1, -0.05) is 30.3 Å². The maximum Gasteiger partial charge on any atom is 0.235 e. The van der Waals surface area contributed by atoms with E-state index in [2.05, 4.69) is 12.6 Å². The van der Waals surface area contributed by atoms with E-state index in [0.717, 1.165) is 5.56 Å². The summed E-state index contributed by atoms with van der Waals surface area (Å²) in [7, 11) is -0.747. The van der Waals surface area contributed by atoms with Gasteiger partial charge in [0.1, 0.15) is 0 Å². The second kappa shape index (κ2) is 6.38. The first-order valence-corrected chi connectivity index (χ1v) is 8.03. The minimum Gasteiger partial charge on any atom is -0.340 e. The number of hydrogen-bond acceptors (Lipinski definition) is 3. The fraction of sp³-hybridized carbons (Fsp3) is 0.462. The van der Waals surface area contributed by atoms with E-state index >= 15 is 0 Å². The zero-order valence-corrected chi connectivity index (χ0v) is 11.8. The molecule has 2 rings (SSSR count). The Balaban J connectivity index is 1.91. The van der Waals surface area contributed by atoms with Crippen LogP contribution in [0.3, 0.4) is 0 Å². The Labute approximate surface area is 115 Å². The topological polar surface area (TPSA) is 37.4 Å².